The Morgan fingerprint density at radius 1 is 1.14 bits per heavy atom. The number of imide groups is 1. The second-order valence-electron chi connectivity index (χ2n) is 4.56. The minimum Gasteiger partial charge on any atom is -0.336 e. The lowest BCUT2D eigenvalue weighted by molar-refractivity contribution is 0.0664. The first-order valence-corrected chi connectivity index (χ1v) is 7.33. The average molecular weight is 303 g/mol. The summed E-state index contributed by atoms with van der Waals surface area (Å²) < 4.78 is 1.38. The molecule has 0 bridgehead atoms. The molecule has 3 rings (SSSR count). The molecule has 108 valence electrons. The average Bonchev–Trinajstić information content (AvgIpc) is 2.93. The van der Waals surface area contributed by atoms with E-state index in [0.29, 0.717) is 34.4 Å². The van der Waals surface area contributed by atoms with Gasteiger partial charge in [0.05, 0.1) is 11.1 Å². The SMILES string of the molecule is Cc1nnc(SCCN2C(=O)c3ccccc3C2=O)n1N. The van der Waals surface area contributed by atoms with Crippen molar-refractivity contribution in [2.24, 2.45) is 0 Å². The molecular formula is C13H13N5O2S. The number of thioether (sulfide) groups is 1. The summed E-state index contributed by atoms with van der Waals surface area (Å²) in [6.45, 7) is 2.06. The summed E-state index contributed by atoms with van der Waals surface area (Å²) in [4.78, 5) is 25.6. The van der Waals surface area contributed by atoms with Gasteiger partial charge in [-0.2, -0.15) is 0 Å². The van der Waals surface area contributed by atoms with Gasteiger partial charge in [0.25, 0.3) is 11.8 Å². The lowest BCUT2D eigenvalue weighted by atomic mass is 10.1. The molecule has 2 heterocycles. The predicted molar refractivity (Wildman–Crippen MR) is 77.4 cm³/mol. The molecule has 8 heteroatoms. The smallest absolute Gasteiger partial charge is 0.261 e. The second kappa shape index (κ2) is 5.21. The van der Waals surface area contributed by atoms with Crippen LogP contribution < -0.4 is 5.84 Å². The molecule has 0 saturated heterocycles. The topological polar surface area (TPSA) is 94.1 Å². The van der Waals surface area contributed by atoms with Gasteiger partial charge in [0.15, 0.2) is 0 Å². The minimum absolute atomic E-state index is 0.249. The van der Waals surface area contributed by atoms with Crippen LogP contribution in [-0.2, 0) is 0 Å². The van der Waals surface area contributed by atoms with Gasteiger partial charge in [0.2, 0.25) is 5.16 Å². The van der Waals surface area contributed by atoms with Crippen LogP contribution in [0.15, 0.2) is 29.4 Å². The van der Waals surface area contributed by atoms with E-state index < -0.39 is 0 Å². The van der Waals surface area contributed by atoms with Gasteiger partial charge in [-0.3, -0.25) is 14.5 Å². The Morgan fingerprint density at radius 2 is 1.76 bits per heavy atom. The van der Waals surface area contributed by atoms with Crippen LogP contribution in [0.2, 0.25) is 0 Å². The van der Waals surface area contributed by atoms with E-state index in [2.05, 4.69) is 10.2 Å². The second-order valence-corrected chi connectivity index (χ2v) is 5.62. The summed E-state index contributed by atoms with van der Waals surface area (Å²) in [6.07, 6.45) is 0. The molecule has 1 aromatic carbocycles. The van der Waals surface area contributed by atoms with E-state index in [1.54, 1.807) is 31.2 Å². The van der Waals surface area contributed by atoms with Crippen molar-refractivity contribution in [3.8, 4) is 0 Å². The monoisotopic (exact) mass is 303 g/mol. The third-order valence-corrected chi connectivity index (χ3v) is 4.18. The summed E-state index contributed by atoms with van der Waals surface area (Å²) in [5, 5.41) is 8.33. The van der Waals surface area contributed by atoms with Crippen LogP contribution in [0, 0.1) is 6.92 Å². The number of nitrogens with zero attached hydrogens (tertiary/aromatic N) is 4. The van der Waals surface area contributed by atoms with E-state index in [1.807, 2.05) is 0 Å². The highest BCUT2D eigenvalue weighted by Crippen LogP contribution is 2.23. The Balaban J connectivity index is 1.66. The van der Waals surface area contributed by atoms with Gasteiger partial charge in [-0.15, -0.1) is 10.2 Å². The quantitative estimate of drug-likeness (QED) is 0.507. The molecule has 0 spiro atoms. The third kappa shape index (κ3) is 2.27. The summed E-state index contributed by atoms with van der Waals surface area (Å²) in [5.41, 5.74) is 0.927. The fraction of sp³-hybridized carbons (Fsp3) is 0.231. The molecule has 0 fully saturated rings. The number of aryl methyl sites for hydroxylation is 1. The van der Waals surface area contributed by atoms with E-state index in [1.165, 1.54) is 21.3 Å². The van der Waals surface area contributed by atoms with Crippen molar-refractivity contribution in [1.29, 1.82) is 0 Å². The highest BCUT2D eigenvalue weighted by molar-refractivity contribution is 7.99. The molecule has 0 aliphatic carbocycles. The van der Waals surface area contributed by atoms with Crippen LogP contribution in [-0.4, -0.2) is 43.9 Å². The van der Waals surface area contributed by atoms with Crippen molar-refractivity contribution < 1.29 is 9.59 Å². The van der Waals surface area contributed by atoms with Crippen molar-refractivity contribution >= 4 is 23.6 Å². The zero-order valence-corrected chi connectivity index (χ0v) is 12.1. The van der Waals surface area contributed by atoms with Crippen LogP contribution in [0.5, 0.6) is 0 Å². The number of nitrogens with two attached hydrogens (primary N) is 1. The van der Waals surface area contributed by atoms with Crippen molar-refractivity contribution in [1.82, 2.24) is 19.8 Å². The molecule has 0 saturated carbocycles. The van der Waals surface area contributed by atoms with Gasteiger partial charge >= 0.3 is 0 Å². The van der Waals surface area contributed by atoms with Crippen LogP contribution >= 0.6 is 11.8 Å². The zero-order valence-electron chi connectivity index (χ0n) is 11.3. The maximum absolute atomic E-state index is 12.2. The largest absolute Gasteiger partial charge is 0.336 e. The van der Waals surface area contributed by atoms with Gasteiger partial charge < -0.3 is 5.84 Å². The number of aromatic nitrogens is 3. The maximum atomic E-state index is 12.2. The third-order valence-electron chi connectivity index (χ3n) is 3.26. The lowest BCUT2D eigenvalue weighted by Crippen LogP contribution is -2.32. The van der Waals surface area contributed by atoms with Gasteiger partial charge in [-0.05, 0) is 19.1 Å². The first-order chi connectivity index (χ1) is 10.1. The summed E-state index contributed by atoms with van der Waals surface area (Å²) in [5.74, 6) is 6.37. The molecule has 2 N–H and O–H groups in total. The van der Waals surface area contributed by atoms with Crippen LogP contribution in [0.3, 0.4) is 0 Å². The predicted octanol–water partition coefficient (Wildman–Crippen LogP) is 0.689. The Hall–Kier alpha value is -2.35. The first-order valence-electron chi connectivity index (χ1n) is 6.34. The van der Waals surface area contributed by atoms with E-state index in [0.717, 1.165) is 0 Å². The molecular weight excluding hydrogens is 290 g/mol. The maximum Gasteiger partial charge on any atom is 0.261 e. The number of carbonyl (C=O) groups is 2. The van der Waals surface area contributed by atoms with E-state index in [9.17, 15) is 9.59 Å². The number of nitrogen functional groups attached to an aromatic ring is 1. The normalized spacial score (nSPS) is 13.9. The fourth-order valence-corrected chi connectivity index (χ4v) is 2.94. The summed E-state index contributed by atoms with van der Waals surface area (Å²) in [6, 6.07) is 6.84. The van der Waals surface area contributed by atoms with Crippen molar-refractivity contribution in [2.75, 3.05) is 18.1 Å². The number of hydrogen-bond acceptors (Lipinski definition) is 6. The lowest BCUT2D eigenvalue weighted by Gasteiger charge is -2.12. The Bertz CT molecular complexity index is 692. The summed E-state index contributed by atoms with van der Waals surface area (Å²) >= 11 is 1.36. The number of fused-ring (bicyclic) bond motifs is 1. The molecule has 0 unspecified atom stereocenters. The van der Waals surface area contributed by atoms with Crippen LogP contribution in [0.4, 0.5) is 0 Å². The molecule has 1 aromatic heterocycles. The molecule has 21 heavy (non-hydrogen) atoms. The Labute approximate surface area is 125 Å². The standard InChI is InChI=1S/C13H13N5O2S/c1-8-15-16-13(18(8)14)21-7-6-17-11(19)9-4-2-3-5-10(9)12(17)20/h2-5H,6-7,14H2,1H3. The molecule has 0 radical (unpaired) electrons. The fourth-order valence-electron chi connectivity index (χ4n) is 2.12. The Kier molecular flexibility index (Phi) is 3.38. The Morgan fingerprint density at radius 3 is 2.29 bits per heavy atom. The van der Waals surface area contributed by atoms with Gasteiger partial charge in [0, 0.05) is 12.3 Å². The minimum atomic E-state index is -0.249. The molecule has 1 aliphatic rings. The number of rotatable bonds is 4. The number of hydrogen-bond donors (Lipinski definition) is 1. The van der Waals surface area contributed by atoms with Crippen molar-refractivity contribution in [3.05, 3.63) is 41.2 Å². The molecule has 1 aliphatic heterocycles. The van der Waals surface area contributed by atoms with Gasteiger partial charge in [0.1, 0.15) is 5.82 Å². The first kappa shape index (κ1) is 13.6. The van der Waals surface area contributed by atoms with E-state index >= 15 is 0 Å². The molecule has 2 amide bonds. The number of benzene rings is 1. The van der Waals surface area contributed by atoms with Crippen molar-refractivity contribution in [3.63, 3.8) is 0 Å². The van der Waals surface area contributed by atoms with E-state index in [-0.39, 0.29) is 11.8 Å². The van der Waals surface area contributed by atoms with Crippen LogP contribution in [0.1, 0.15) is 26.5 Å². The van der Waals surface area contributed by atoms with Crippen LogP contribution in [0.25, 0.3) is 0 Å². The zero-order chi connectivity index (χ0) is 15.0. The van der Waals surface area contributed by atoms with Gasteiger partial charge in [-0.1, -0.05) is 23.9 Å². The number of carbonyl (C=O) groups excluding carboxylic acids is 2. The molecule has 7 nitrogen and oxygen atoms in total. The van der Waals surface area contributed by atoms with Gasteiger partial charge in [-0.25, -0.2) is 4.68 Å². The van der Waals surface area contributed by atoms with E-state index in [4.69, 9.17) is 5.84 Å². The highest BCUT2D eigenvalue weighted by atomic mass is 32.2. The van der Waals surface area contributed by atoms with Crippen molar-refractivity contribution in [2.45, 2.75) is 12.1 Å². The molecule has 0 atom stereocenters. The molecule has 2 aromatic rings. The highest BCUT2D eigenvalue weighted by Gasteiger charge is 2.34. The number of amides is 2. The summed E-state index contributed by atoms with van der Waals surface area (Å²) in [7, 11) is 0.